The summed E-state index contributed by atoms with van der Waals surface area (Å²) in [6.07, 6.45) is 2.87. The minimum atomic E-state index is -1.04. The second-order valence-corrected chi connectivity index (χ2v) is 6.92. The molecule has 0 aliphatic carbocycles. The van der Waals surface area contributed by atoms with Crippen LogP contribution in [0.2, 0.25) is 5.02 Å². The van der Waals surface area contributed by atoms with E-state index >= 15 is 0 Å². The molecular weight excluding hydrogens is 415 g/mol. The summed E-state index contributed by atoms with van der Waals surface area (Å²) in [7, 11) is 0. The van der Waals surface area contributed by atoms with Crippen molar-refractivity contribution in [1.29, 1.82) is 0 Å². The Labute approximate surface area is 166 Å². The summed E-state index contributed by atoms with van der Waals surface area (Å²) in [6, 6.07) is 6.63. The molecule has 0 radical (unpaired) electrons. The van der Waals surface area contributed by atoms with Crippen molar-refractivity contribution in [2.45, 2.75) is 6.54 Å². The van der Waals surface area contributed by atoms with Crippen molar-refractivity contribution in [3.05, 3.63) is 51.2 Å². The van der Waals surface area contributed by atoms with Crippen LogP contribution in [-0.4, -0.2) is 42.2 Å². The van der Waals surface area contributed by atoms with Crippen molar-refractivity contribution >= 4 is 63.2 Å². The number of aliphatic carboxylic acids is 1. The molecule has 0 aliphatic heterocycles. The van der Waals surface area contributed by atoms with Crippen molar-refractivity contribution in [1.82, 2.24) is 25.2 Å². The molecule has 12 heteroatoms. The van der Waals surface area contributed by atoms with Crippen LogP contribution in [-0.2, 0) is 11.3 Å². The van der Waals surface area contributed by atoms with Crippen LogP contribution in [0, 0.1) is 0 Å². The Bertz CT molecular complexity index is 1010. The summed E-state index contributed by atoms with van der Waals surface area (Å²) < 4.78 is 1.16. The Morgan fingerprint density at radius 2 is 1.89 bits per heavy atom. The maximum absolute atomic E-state index is 12.2. The molecule has 2 aromatic heterocycles. The second-order valence-electron chi connectivity index (χ2n) is 5.10. The van der Waals surface area contributed by atoms with Crippen molar-refractivity contribution in [2.24, 2.45) is 0 Å². The van der Waals surface area contributed by atoms with Crippen LogP contribution in [0.1, 0.15) is 20.5 Å². The zero-order chi connectivity index (χ0) is 19.4. The number of halogens is 2. The lowest BCUT2D eigenvalue weighted by Crippen LogP contribution is -2.11. The highest BCUT2D eigenvalue weighted by Crippen LogP contribution is 2.25. The first-order valence-electron chi connectivity index (χ1n) is 7.30. The number of rotatable bonds is 6. The molecule has 9 nitrogen and oxygen atoms in total. The number of benzene rings is 1. The van der Waals surface area contributed by atoms with E-state index in [0.717, 1.165) is 16.0 Å². The normalized spacial score (nSPS) is 11.4. The number of hydrogen-bond donors (Lipinski definition) is 2. The Balaban J connectivity index is 1.70. The fraction of sp³-hybridized carbons (Fsp3) is 0.0667. The standard InChI is InChI=1S/C15H10Cl2N6O3S/c16-8-1-3-9(4-2-8)18-13(26)15-21-20-14(27-15)11(17)5-10-6-23(22-19-10)7-12(24)25/h1-6H,7H2,(H,18,26)(H,24,25). The number of aromatic nitrogens is 5. The molecule has 0 atom stereocenters. The van der Waals surface area contributed by atoms with Gasteiger partial charge in [-0.1, -0.05) is 39.8 Å². The highest BCUT2D eigenvalue weighted by Gasteiger charge is 2.15. The number of carboxylic acids is 1. The van der Waals surface area contributed by atoms with E-state index in [9.17, 15) is 9.59 Å². The highest BCUT2D eigenvalue weighted by molar-refractivity contribution is 7.15. The third-order valence-electron chi connectivity index (χ3n) is 3.05. The third-order valence-corrected chi connectivity index (χ3v) is 4.66. The Morgan fingerprint density at radius 1 is 1.19 bits per heavy atom. The van der Waals surface area contributed by atoms with Gasteiger partial charge in [-0.3, -0.25) is 9.59 Å². The molecule has 0 aliphatic rings. The van der Waals surface area contributed by atoms with Gasteiger partial charge >= 0.3 is 5.97 Å². The van der Waals surface area contributed by atoms with Crippen molar-refractivity contribution < 1.29 is 14.7 Å². The number of carbonyl (C=O) groups excluding carboxylic acids is 1. The van der Waals surface area contributed by atoms with Gasteiger partial charge in [-0.2, -0.15) is 0 Å². The molecule has 2 heterocycles. The van der Waals surface area contributed by atoms with E-state index in [1.807, 2.05) is 0 Å². The Hall–Kier alpha value is -2.82. The fourth-order valence-corrected chi connectivity index (χ4v) is 2.95. The van der Waals surface area contributed by atoms with Crippen LogP contribution in [0.15, 0.2) is 30.5 Å². The quantitative estimate of drug-likeness (QED) is 0.623. The lowest BCUT2D eigenvalue weighted by Gasteiger charge is -2.01. The van der Waals surface area contributed by atoms with Crippen molar-refractivity contribution in [3.63, 3.8) is 0 Å². The smallest absolute Gasteiger partial charge is 0.325 e. The number of nitrogens with zero attached hydrogens (tertiary/aromatic N) is 5. The van der Waals surface area contributed by atoms with Gasteiger partial charge in [0.15, 0.2) is 5.01 Å². The van der Waals surface area contributed by atoms with Crippen LogP contribution < -0.4 is 5.32 Å². The number of nitrogens with one attached hydrogen (secondary N) is 1. The van der Waals surface area contributed by atoms with E-state index in [-0.39, 0.29) is 16.6 Å². The van der Waals surface area contributed by atoms with Gasteiger partial charge in [0.2, 0.25) is 5.01 Å². The van der Waals surface area contributed by atoms with E-state index in [2.05, 4.69) is 25.8 Å². The minimum absolute atomic E-state index is 0.126. The molecule has 1 aromatic carbocycles. The molecule has 1 amide bonds. The highest BCUT2D eigenvalue weighted by atomic mass is 35.5. The number of carboxylic acid groups (broad SMARTS) is 1. The number of amides is 1. The summed E-state index contributed by atoms with van der Waals surface area (Å²) >= 11 is 13.0. The Morgan fingerprint density at radius 3 is 2.59 bits per heavy atom. The van der Waals surface area contributed by atoms with Gasteiger partial charge in [-0.25, -0.2) is 4.68 Å². The molecule has 0 bridgehead atoms. The Kier molecular flexibility index (Phi) is 5.79. The maximum Gasteiger partial charge on any atom is 0.325 e. The monoisotopic (exact) mass is 424 g/mol. The van der Waals surface area contributed by atoms with E-state index in [1.165, 1.54) is 12.3 Å². The summed E-state index contributed by atoms with van der Waals surface area (Å²) in [5.74, 6) is -1.47. The first kappa shape index (κ1) is 19.0. The predicted molar refractivity (Wildman–Crippen MR) is 101 cm³/mol. The van der Waals surface area contributed by atoms with E-state index in [0.29, 0.717) is 21.4 Å². The van der Waals surface area contributed by atoms with E-state index < -0.39 is 11.9 Å². The molecule has 0 saturated carbocycles. The van der Waals surface area contributed by atoms with E-state index in [1.54, 1.807) is 24.3 Å². The van der Waals surface area contributed by atoms with Gasteiger partial charge in [0.05, 0.1) is 11.2 Å². The first-order chi connectivity index (χ1) is 12.9. The van der Waals surface area contributed by atoms with Gasteiger partial charge < -0.3 is 10.4 Å². The summed E-state index contributed by atoms with van der Waals surface area (Å²) in [6.45, 7) is -0.313. The zero-order valence-corrected chi connectivity index (χ0v) is 15.7. The average Bonchev–Trinajstić information content (AvgIpc) is 3.26. The van der Waals surface area contributed by atoms with Crippen LogP contribution >= 0.6 is 34.5 Å². The second kappa shape index (κ2) is 8.25. The summed E-state index contributed by atoms with van der Waals surface area (Å²) in [5, 5.41) is 27.8. The van der Waals surface area contributed by atoms with Gasteiger partial charge in [-0.15, -0.1) is 15.3 Å². The molecule has 3 rings (SSSR count). The van der Waals surface area contributed by atoms with Gasteiger partial charge in [0, 0.05) is 10.7 Å². The zero-order valence-electron chi connectivity index (χ0n) is 13.3. The van der Waals surface area contributed by atoms with Crippen LogP contribution in [0.25, 0.3) is 11.1 Å². The molecule has 138 valence electrons. The lowest BCUT2D eigenvalue weighted by atomic mass is 10.3. The lowest BCUT2D eigenvalue weighted by molar-refractivity contribution is -0.137. The maximum atomic E-state index is 12.2. The van der Waals surface area contributed by atoms with Crippen LogP contribution in [0.3, 0.4) is 0 Å². The number of carbonyl (C=O) groups is 2. The van der Waals surface area contributed by atoms with Gasteiger partial charge in [0.25, 0.3) is 5.91 Å². The number of anilines is 1. The largest absolute Gasteiger partial charge is 0.480 e. The molecule has 0 fully saturated rings. The fourth-order valence-electron chi connectivity index (χ4n) is 1.92. The topological polar surface area (TPSA) is 123 Å². The van der Waals surface area contributed by atoms with Crippen molar-refractivity contribution in [2.75, 3.05) is 5.32 Å². The third kappa shape index (κ3) is 5.09. The van der Waals surface area contributed by atoms with E-state index in [4.69, 9.17) is 28.3 Å². The molecule has 0 unspecified atom stereocenters. The van der Waals surface area contributed by atoms with Gasteiger partial charge in [-0.05, 0) is 30.3 Å². The number of hydrogen-bond acceptors (Lipinski definition) is 7. The SMILES string of the molecule is O=C(O)Cn1cc(C=C(Cl)c2nnc(C(=O)Nc3ccc(Cl)cc3)s2)nn1. The molecule has 27 heavy (non-hydrogen) atoms. The minimum Gasteiger partial charge on any atom is -0.480 e. The van der Waals surface area contributed by atoms with Crippen molar-refractivity contribution in [3.8, 4) is 0 Å². The van der Waals surface area contributed by atoms with Crippen LogP contribution in [0.4, 0.5) is 5.69 Å². The molecule has 0 spiro atoms. The average molecular weight is 425 g/mol. The molecule has 0 saturated heterocycles. The predicted octanol–water partition coefficient (Wildman–Crippen LogP) is 2.86. The summed E-state index contributed by atoms with van der Waals surface area (Å²) in [5.41, 5.74) is 0.918. The summed E-state index contributed by atoms with van der Waals surface area (Å²) in [4.78, 5) is 22.9. The van der Waals surface area contributed by atoms with Gasteiger partial charge in [0.1, 0.15) is 12.2 Å². The molecular formula is C15H10Cl2N6O3S. The first-order valence-corrected chi connectivity index (χ1v) is 8.88. The van der Waals surface area contributed by atoms with Crippen LogP contribution in [0.5, 0.6) is 0 Å². The molecule has 3 aromatic rings. The molecule has 2 N–H and O–H groups in total.